The summed E-state index contributed by atoms with van der Waals surface area (Å²) in [4.78, 5) is 11.9. The highest BCUT2D eigenvalue weighted by molar-refractivity contribution is 5.87. The molecular formula is C17H22F3N2O3+. The molecule has 1 fully saturated rings. The van der Waals surface area contributed by atoms with Gasteiger partial charge >= 0.3 is 12.5 Å². The first-order valence-electron chi connectivity index (χ1n) is 7.99. The lowest BCUT2D eigenvalue weighted by Gasteiger charge is -2.24. The number of carbonyl (C=O) groups excluding carboxylic acids is 1. The van der Waals surface area contributed by atoms with Crippen LogP contribution in [0, 0.1) is 6.92 Å². The highest BCUT2D eigenvalue weighted by atomic mass is 19.4. The molecule has 1 aromatic carbocycles. The van der Waals surface area contributed by atoms with Gasteiger partial charge in [-0.3, -0.25) is 5.32 Å². The molecule has 1 amide bonds. The molecule has 0 aromatic heterocycles. The van der Waals surface area contributed by atoms with E-state index < -0.39 is 23.8 Å². The second kappa shape index (κ2) is 7.43. The van der Waals surface area contributed by atoms with Gasteiger partial charge in [-0.05, 0) is 43.0 Å². The van der Waals surface area contributed by atoms with E-state index in [1.165, 1.54) is 12.1 Å². The van der Waals surface area contributed by atoms with E-state index in [2.05, 4.69) is 22.3 Å². The lowest BCUT2D eigenvalue weighted by atomic mass is 9.91. The minimum Gasteiger partial charge on any atom is -0.404 e. The molecule has 1 aliphatic rings. The molecule has 138 valence electrons. The summed E-state index contributed by atoms with van der Waals surface area (Å²) in [5, 5.41) is 5.57. The SMILES string of the molecule is [CH2+]C(C)(C)OC(=O)Nc1cc(C2CCCNC2)ccc1OC(F)(F)F. The van der Waals surface area contributed by atoms with Gasteiger partial charge in [0.25, 0.3) is 0 Å². The lowest BCUT2D eigenvalue weighted by molar-refractivity contribution is -0.274. The van der Waals surface area contributed by atoms with Gasteiger partial charge in [-0.1, -0.05) is 6.07 Å². The third-order valence-corrected chi connectivity index (χ3v) is 3.60. The number of halogens is 3. The molecule has 1 saturated heterocycles. The standard InChI is InChI=1S/C17H21F3N2O3/c1-16(2,3)25-15(23)22-13-9-11(12-5-4-8-21-10-12)6-7-14(13)24-17(18,19)20/h6-7,9,12,21H,1,4-5,8,10H2,2-3H3/p+1. The number of hydrogen-bond donors (Lipinski definition) is 2. The van der Waals surface area contributed by atoms with Crippen molar-refractivity contribution >= 4 is 11.8 Å². The second-order valence-corrected chi connectivity index (χ2v) is 6.62. The third kappa shape index (κ3) is 6.38. The third-order valence-electron chi connectivity index (χ3n) is 3.60. The summed E-state index contributed by atoms with van der Waals surface area (Å²) in [7, 11) is 0. The summed E-state index contributed by atoms with van der Waals surface area (Å²) >= 11 is 0. The number of anilines is 1. The van der Waals surface area contributed by atoms with Gasteiger partial charge in [0.2, 0.25) is 5.60 Å². The smallest absolute Gasteiger partial charge is 0.404 e. The van der Waals surface area contributed by atoms with Crippen LogP contribution in [0.15, 0.2) is 18.2 Å². The van der Waals surface area contributed by atoms with Crippen molar-refractivity contribution in [3.8, 4) is 5.75 Å². The molecule has 1 unspecified atom stereocenters. The van der Waals surface area contributed by atoms with Crippen molar-refractivity contribution in [2.24, 2.45) is 0 Å². The monoisotopic (exact) mass is 359 g/mol. The first-order valence-corrected chi connectivity index (χ1v) is 7.99. The van der Waals surface area contributed by atoms with Crippen LogP contribution >= 0.6 is 0 Å². The maximum Gasteiger partial charge on any atom is 0.573 e. The normalized spacial score (nSPS) is 18.5. The Morgan fingerprint density at radius 1 is 1.36 bits per heavy atom. The molecule has 0 aliphatic carbocycles. The van der Waals surface area contributed by atoms with Crippen molar-refractivity contribution in [1.29, 1.82) is 0 Å². The Hall–Kier alpha value is -2.09. The molecule has 0 bridgehead atoms. The average molecular weight is 359 g/mol. The summed E-state index contributed by atoms with van der Waals surface area (Å²) in [6.07, 6.45) is -3.86. The van der Waals surface area contributed by atoms with Crippen molar-refractivity contribution < 1.29 is 27.4 Å². The zero-order chi connectivity index (χ0) is 18.7. The number of piperidine rings is 1. The maximum absolute atomic E-state index is 12.6. The van der Waals surface area contributed by atoms with Gasteiger partial charge in [-0.25, -0.2) is 4.79 Å². The van der Waals surface area contributed by atoms with Gasteiger partial charge in [0.1, 0.15) is 6.92 Å². The Morgan fingerprint density at radius 2 is 2.08 bits per heavy atom. The van der Waals surface area contributed by atoms with Gasteiger partial charge in [0.05, 0.1) is 5.69 Å². The van der Waals surface area contributed by atoms with E-state index in [1.54, 1.807) is 19.9 Å². The Labute approximate surface area is 144 Å². The van der Waals surface area contributed by atoms with E-state index in [0.717, 1.165) is 31.5 Å². The first-order chi connectivity index (χ1) is 11.5. The molecule has 5 nitrogen and oxygen atoms in total. The summed E-state index contributed by atoms with van der Waals surface area (Å²) < 4.78 is 46.8. The van der Waals surface area contributed by atoms with Crippen molar-refractivity contribution in [3.63, 3.8) is 0 Å². The van der Waals surface area contributed by atoms with E-state index in [-0.39, 0.29) is 11.6 Å². The number of rotatable bonds is 4. The number of nitrogens with one attached hydrogen (secondary N) is 2. The van der Waals surface area contributed by atoms with E-state index in [4.69, 9.17) is 4.74 Å². The van der Waals surface area contributed by atoms with Crippen LogP contribution in [-0.2, 0) is 4.74 Å². The van der Waals surface area contributed by atoms with E-state index in [1.807, 2.05) is 0 Å². The minimum absolute atomic E-state index is 0.0883. The fourth-order valence-electron chi connectivity index (χ4n) is 2.64. The zero-order valence-electron chi connectivity index (χ0n) is 14.2. The topological polar surface area (TPSA) is 59.6 Å². The van der Waals surface area contributed by atoms with Crippen LogP contribution in [0.1, 0.15) is 38.2 Å². The Morgan fingerprint density at radius 3 is 2.64 bits per heavy atom. The van der Waals surface area contributed by atoms with Gasteiger partial charge in [-0.2, -0.15) is 0 Å². The number of amides is 1. The van der Waals surface area contributed by atoms with E-state index >= 15 is 0 Å². The van der Waals surface area contributed by atoms with Crippen LogP contribution < -0.4 is 15.4 Å². The predicted octanol–water partition coefficient (Wildman–Crippen LogP) is 4.21. The second-order valence-electron chi connectivity index (χ2n) is 6.62. The average Bonchev–Trinajstić information content (AvgIpc) is 2.46. The molecule has 1 aliphatic heterocycles. The molecule has 8 heteroatoms. The van der Waals surface area contributed by atoms with Crippen LogP contribution in [-0.4, -0.2) is 31.1 Å². The number of carbonyl (C=O) groups is 1. The Bertz CT molecular complexity index is 606. The number of benzene rings is 1. The largest absolute Gasteiger partial charge is 0.573 e. The molecular weight excluding hydrogens is 337 g/mol. The summed E-state index contributed by atoms with van der Waals surface area (Å²) in [5.74, 6) is -0.326. The summed E-state index contributed by atoms with van der Waals surface area (Å²) in [5.41, 5.74) is -0.277. The van der Waals surface area contributed by atoms with Crippen molar-refractivity contribution in [2.75, 3.05) is 18.4 Å². The van der Waals surface area contributed by atoms with E-state index in [9.17, 15) is 18.0 Å². The van der Waals surface area contributed by atoms with Gasteiger partial charge < -0.3 is 14.8 Å². The Balaban J connectivity index is 2.25. The lowest BCUT2D eigenvalue weighted by Crippen LogP contribution is -2.29. The molecule has 1 aromatic rings. The van der Waals surface area contributed by atoms with Crippen LogP contribution in [0.3, 0.4) is 0 Å². The number of ether oxygens (including phenoxy) is 2. The maximum atomic E-state index is 12.6. The zero-order valence-corrected chi connectivity index (χ0v) is 14.2. The highest BCUT2D eigenvalue weighted by Gasteiger charge is 2.33. The highest BCUT2D eigenvalue weighted by Crippen LogP contribution is 2.34. The molecule has 2 N–H and O–H groups in total. The predicted molar refractivity (Wildman–Crippen MR) is 87.5 cm³/mol. The van der Waals surface area contributed by atoms with Crippen molar-refractivity contribution in [3.05, 3.63) is 30.7 Å². The Kier molecular flexibility index (Phi) is 5.72. The molecule has 1 atom stereocenters. The number of hydrogen-bond acceptors (Lipinski definition) is 4. The molecule has 2 rings (SSSR count). The molecule has 1 heterocycles. The molecule has 0 saturated carbocycles. The summed E-state index contributed by atoms with van der Waals surface area (Å²) in [6.45, 7) is 8.39. The number of alkyl halides is 3. The van der Waals surface area contributed by atoms with Gasteiger partial charge in [0.15, 0.2) is 5.75 Å². The fraction of sp³-hybridized carbons (Fsp3) is 0.529. The van der Waals surface area contributed by atoms with Crippen molar-refractivity contribution in [1.82, 2.24) is 5.32 Å². The molecule has 0 radical (unpaired) electrons. The minimum atomic E-state index is -4.86. The molecule has 0 spiro atoms. The van der Waals surface area contributed by atoms with Crippen molar-refractivity contribution in [2.45, 2.75) is 44.6 Å². The van der Waals surface area contributed by atoms with Crippen LogP contribution in [0.2, 0.25) is 0 Å². The molecule has 25 heavy (non-hydrogen) atoms. The summed E-state index contributed by atoms with van der Waals surface area (Å²) in [6, 6.07) is 4.29. The quantitative estimate of drug-likeness (QED) is 0.791. The fourth-order valence-corrected chi connectivity index (χ4v) is 2.64. The van der Waals surface area contributed by atoms with E-state index in [0.29, 0.717) is 0 Å². The van der Waals surface area contributed by atoms with Gasteiger partial charge in [0, 0.05) is 20.4 Å². The van der Waals surface area contributed by atoms with Crippen LogP contribution in [0.4, 0.5) is 23.7 Å². The van der Waals surface area contributed by atoms with Crippen LogP contribution in [0.25, 0.3) is 0 Å². The van der Waals surface area contributed by atoms with Crippen LogP contribution in [0.5, 0.6) is 5.75 Å². The van der Waals surface area contributed by atoms with Gasteiger partial charge in [-0.15, -0.1) is 13.2 Å². The first kappa shape index (κ1) is 19.2.